The zero-order chi connectivity index (χ0) is 35.3. The first kappa shape index (κ1) is 31.8. The van der Waals surface area contributed by atoms with E-state index >= 15 is 0 Å². The molecule has 0 aliphatic carbocycles. The average molecular weight is 668 g/mol. The molecule has 0 N–H and O–H groups in total. The molecule has 0 bridgehead atoms. The number of allylic oxidation sites excluding steroid dienone is 1. The number of hydrogen-bond acceptors (Lipinski definition) is 0. The third-order valence-corrected chi connectivity index (χ3v) is 11.0. The average Bonchev–Trinajstić information content (AvgIpc) is 3.50. The monoisotopic (exact) mass is 667 g/mol. The van der Waals surface area contributed by atoms with Gasteiger partial charge in [-0.15, -0.1) is 0 Å². The van der Waals surface area contributed by atoms with E-state index in [1.807, 2.05) is 0 Å². The van der Waals surface area contributed by atoms with Crippen molar-refractivity contribution in [3.8, 4) is 39.1 Å². The summed E-state index contributed by atoms with van der Waals surface area (Å²) in [5.74, 6) is 0. The Hall–Kier alpha value is -6.18. The first-order valence-corrected chi connectivity index (χ1v) is 18.4. The van der Waals surface area contributed by atoms with Crippen LogP contribution in [-0.4, -0.2) is 4.57 Å². The van der Waals surface area contributed by atoms with Gasteiger partial charge in [-0.2, -0.15) is 0 Å². The molecule has 0 atom stereocenters. The van der Waals surface area contributed by atoms with Crippen LogP contribution in [0.15, 0.2) is 158 Å². The van der Waals surface area contributed by atoms with Crippen LogP contribution in [0.25, 0.3) is 88.4 Å². The summed E-state index contributed by atoms with van der Waals surface area (Å²) in [4.78, 5) is 0. The van der Waals surface area contributed by atoms with Crippen LogP contribution in [0.2, 0.25) is 0 Å². The molecule has 52 heavy (non-hydrogen) atoms. The molecular weight excluding hydrogens is 627 g/mol. The molecular formula is C51H41N. The van der Waals surface area contributed by atoms with Crippen molar-refractivity contribution in [3.05, 3.63) is 180 Å². The number of fused-ring (bicyclic) bond motifs is 7. The number of hydrogen-bond donors (Lipinski definition) is 0. The predicted octanol–water partition coefficient (Wildman–Crippen LogP) is 14.3. The molecule has 1 nitrogen and oxygen atoms in total. The standard InChI is InChI=1S/C51H41N/c1-5-14-50-40(6-2)47-28-26-38(36-24-23-34(4)48(30-36)41-18-8-7-15-33(41)3)32-51(47)52(50)39-17-13-16-35(29-39)37-25-27-46-44-21-10-9-19-42(44)43-20-11-12-22-45(43)49(46)31-37/h5,7-32H,6H2,1-4H3/b14-5-. The van der Waals surface area contributed by atoms with Crippen LogP contribution in [0, 0.1) is 13.8 Å². The first-order valence-electron chi connectivity index (χ1n) is 18.4. The molecule has 0 spiro atoms. The van der Waals surface area contributed by atoms with E-state index in [4.69, 9.17) is 0 Å². The van der Waals surface area contributed by atoms with Crippen LogP contribution in [-0.2, 0) is 6.42 Å². The van der Waals surface area contributed by atoms with Crippen molar-refractivity contribution >= 4 is 49.3 Å². The maximum absolute atomic E-state index is 2.47. The van der Waals surface area contributed by atoms with Crippen LogP contribution in [0.1, 0.15) is 36.2 Å². The van der Waals surface area contributed by atoms with Gasteiger partial charge in [-0.05, 0) is 146 Å². The Morgan fingerprint density at radius 2 is 1.02 bits per heavy atom. The second-order valence-corrected chi connectivity index (χ2v) is 14.0. The Morgan fingerprint density at radius 3 is 1.71 bits per heavy atom. The lowest BCUT2D eigenvalue weighted by Crippen LogP contribution is -1.98. The minimum absolute atomic E-state index is 0.954. The molecule has 0 amide bonds. The lowest BCUT2D eigenvalue weighted by Gasteiger charge is -2.15. The third-order valence-electron chi connectivity index (χ3n) is 11.0. The highest BCUT2D eigenvalue weighted by Crippen LogP contribution is 2.39. The van der Waals surface area contributed by atoms with Crippen molar-refractivity contribution in [1.82, 2.24) is 4.57 Å². The molecule has 0 saturated carbocycles. The van der Waals surface area contributed by atoms with Gasteiger partial charge in [-0.25, -0.2) is 0 Å². The lowest BCUT2D eigenvalue weighted by atomic mass is 9.92. The third kappa shape index (κ3) is 5.16. The highest BCUT2D eigenvalue weighted by atomic mass is 15.0. The summed E-state index contributed by atoms with van der Waals surface area (Å²) in [5, 5.41) is 9.09. The maximum Gasteiger partial charge on any atom is 0.0543 e. The highest BCUT2D eigenvalue weighted by molar-refractivity contribution is 6.25. The Bertz CT molecular complexity index is 2830. The summed E-state index contributed by atoms with van der Waals surface area (Å²) in [6, 6.07) is 56.3. The van der Waals surface area contributed by atoms with Crippen LogP contribution in [0.3, 0.4) is 0 Å². The van der Waals surface area contributed by atoms with Gasteiger partial charge in [0.2, 0.25) is 0 Å². The van der Waals surface area contributed by atoms with Gasteiger partial charge >= 0.3 is 0 Å². The molecule has 0 aliphatic heterocycles. The van der Waals surface area contributed by atoms with Crippen molar-refractivity contribution in [2.75, 3.05) is 0 Å². The number of nitrogens with zero attached hydrogens (tertiary/aromatic N) is 1. The van der Waals surface area contributed by atoms with Gasteiger partial charge in [-0.3, -0.25) is 0 Å². The second kappa shape index (κ2) is 12.9. The summed E-state index contributed by atoms with van der Waals surface area (Å²) in [7, 11) is 0. The molecule has 1 heterocycles. The lowest BCUT2D eigenvalue weighted by molar-refractivity contribution is 1.06. The number of aromatic nitrogens is 1. The molecule has 0 unspecified atom stereocenters. The largest absolute Gasteiger partial charge is 0.310 e. The van der Waals surface area contributed by atoms with E-state index in [-0.39, 0.29) is 0 Å². The molecule has 0 aliphatic rings. The molecule has 9 aromatic rings. The number of benzene rings is 8. The second-order valence-electron chi connectivity index (χ2n) is 14.0. The number of aryl methyl sites for hydroxylation is 3. The number of rotatable bonds is 6. The van der Waals surface area contributed by atoms with E-state index in [0.717, 1.165) is 6.42 Å². The smallest absolute Gasteiger partial charge is 0.0543 e. The Kier molecular flexibility index (Phi) is 7.86. The van der Waals surface area contributed by atoms with Crippen molar-refractivity contribution in [2.24, 2.45) is 0 Å². The van der Waals surface area contributed by atoms with Gasteiger partial charge in [0.05, 0.1) is 5.52 Å². The zero-order valence-electron chi connectivity index (χ0n) is 30.2. The van der Waals surface area contributed by atoms with Crippen molar-refractivity contribution in [3.63, 3.8) is 0 Å². The van der Waals surface area contributed by atoms with Gasteiger partial charge in [0.1, 0.15) is 0 Å². The Balaban J connectivity index is 1.22. The van der Waals surface area contributed by atoms with E-state index in [2.05, 4.69) is 196 Å². The summed E-state index contributed by atoms with van der Waals surface area (Å²) in [6.07, 6.45) is 5.40. The van der Waals surface area contributed by atoms with Crippen molar-refractivity contribution in [2.45, 2.75) is 34.1 Å². The minimum atomic E-state index is 0.954. The molecule has 250 valence electrons. The zero-order valence-corrected chi connectivity index (χ0v) is 30.2. The Labute approximate surface area is 306 Å². The predicted molar refractivity (Wildman–Crippen MR) is 226 cm³/mol. The fraction of sp³-hybridized carbons (Fsp3) is 0.0980. The first-order chi connectivity index (χ1) is 25.5. The summed E-state index contributed by atoms with van der Waals surface area (Å²) in [6.45, 7) is 8.80. The van der Waals surface area contributed by atoms with Gasteiger partial charge < -0.3 is 4.57 Å². The van der Waals surface area contributed by atoms with E-state index in [1.54, 1.807) is 0 Å². The van der Waals surface area contributed by atoms with Crippen LogP contribution < -0.4 is 0 Å². The van der Waals surface area contributed by atoms with Gasteiger partial charge in [-0.1, -0.05) is 134 Å². The topological polar surface area (TPSA) is 4.93 Å². The fourth-order valence-corrected chi connectivity index (χ4v) is 8.42. The maximum atomic E-state index is 2.47. The molecule has 8 aromatic carbocycles. The normalized spacial score (nSPS) is 11.8. The van der Waals surface area contributed by atoms with Crippen LogP contribution in [0.5, 0.6) is 0 Å². The minimum Gasteiger partial charge on any atom is -0.310 e. The van der Waals surface area contributed by atoms with Crippen molar-refractivity contribution in [1.29, 1.82) is 0 Å². The van der Waals surface area contributed by atoms with Gasteiger partial charge in [0.15, 0.2) is 0 Å². The summed E-state index contributed by atoms with van der Waals surface area (Å²) >= 11 is 0. The highest BCUT2D eigenvalue weighted by Gasteiger charge is 2.18. The fourth-order valence-electron chi connectivity index (χ4n) is 8.42. The van der Waals surface area contributed by atoms with Gasteiger partial charge in [0.25, 0.3) is 0 Å². The van der Waals surface area contributed by atoms with Gasteiger partial charge in [0, 0.05) is 16.8 Å². The van der Waals surface area contributed by atoms with E-state index in [1.165, 1.54) is 105 Å². The molecule has 0 fully saturated rings. The molecule has 0 radical (unpaired) electrons. The molecule has 1 aromatic heterocycles. The van der Waals surface area contributed by atoms with E-state index < -0.39 is 0 Å². The molecule has 9 rings (SSSR count). The van der Waals surface area contributed by atoms with Crippen LogP contribution >= 0.6 is 0 Å². The van der Waals surface area contributed by atoms with Crippen LogP contribution in [0.4, 0.5) is 0 Å². The summed E-state index contributed by atoms with van der Waals surface area (Å²) < 4.78 is 2.47. The quantitative estimate of drug-likeness (QED) is 0.156. The summed E-state index contributed by atoms with van der Waals surface area (Å²) in [5.41, 5.74) is 15.1. The molecule has 0 saturated heterocycles. The van der Waals surface area contributed by atoms with Crippen molar-refractivity contribution < 1.29 is 0 Å². The Morgan fingerprint density at radius 1 is 0.462 bits per heavy atom. The van der Waals surface area contributed by atoms with E-state index in [9.17, 15) is 0 Å². The SMILES string of the molecule is C/C=C\c1c(CC)c2ccc(-c3ccc(C)c(-c4ccccc4C)c3)cc2n1-c1cccc(-c2ccc3c4ccccc4c4ccccc4c3c2)c1. The molecule has 1 heteroatoms. The van der Waals surface area contributed by atoms with E-state index in [0.29, 0.717) is 0 Å².